The van der Waals surface area contributed by atoms with Crippen LogP contribution in [0.2, 0.25) is 0 Å². The number of aliphatic hydroxyl groups excluding tert-OH is 1. The van der Waals surface area contributed by atoms with Gasteiger partial charge in [-0.25, -0.2) is 0 Å². The molecule has 0 spiro atoms. The van der Waals surface area contributed by atoms with Crippen LogP contribution in [-0.4, -0.2) is 35.2 Å². The van der Waals surface area contributed by atoms with Crippen molar-refractivity contribution in [1.29, 1.82) is 0 Å². The van der Waals surface area contributed by atoms with Crippen LogP contribution in [0.4, 0.5) is 13.2 Å². The number of carbonyl (C=O) groups is 1. The quantitative estimate of drug-likeness (QED) is 0.880. The van der Waals surface area contributed by atoms with Crippen LogP contribution in [0, 0.1) is 0 Å². The van der Waals surface area contributed by atoms with Gasteiger partial charge in [-0.15, -0.1) is 0 Å². The van der Waals surface area contributed by atoms with Gasteiger partial charge in [0.25, 0.3) is 0 Å². The highest BCUT2D eigenvalue weighted by molar-refractivity contribution is 5.76. The van der Waals surface area contributed by atoms with Crippen LogP contribution in [0.5, 0.6) is 0 Å². The molecule has 1 N–H and O–H groups in total. The van der Waals surface area contributed by atoms with Gasteiger partial charge >= 0.3 is 6.18 Å². The van der Waals surface area contributed by atoms with E-state index in [9.17, 15) is 18.0 Å². The maximum Gasteiger partial charge on any atom is 0.397 e. The van der Waals surface area contributed by atoms with Crippen molar-refractivity contribution in [2.45, 2.75) is 19.1 Å². The second-order valence-electron chi connectivity index (χ2n) is 3.82. The molecule has 1 amide bonds. The fourth-order valence-corrected chi connectivity index (χ4v) is 1.50. The molecule has 0 saturated heterocycles. The number of benzene rings is 1. The molecule has 0 atom stereocenters. The predicted molar refractivity (Wildman–Crippen MR) is 59.6 cm³/mol. The van der Waals surface area contributed by atoms with Crippen molar-refractivity contribution in [1.82, 2.24) is 4.90 Å². The number of nitrogens with zero attached hydrogens (tertiary/aromatic N) is 1. The fourth-order valence-electron chi connectivity index (χ4n) is 1.50. The minimum Gasteiger partial charge on any atom is -0.395 e. The summed E-state index contributed by atoms with van der Waals surface area (Å²) < 4.78 is 36.4. The zero-order valence-corrected chi connectivity index (χ0v) is 9.65. The first-order valence-electron chi connectivity index (χ1n) is 5.41. The number of hydrogen-bond donors (Lipinski definition) is 1. The highest BCUT2D eigenvalue weighted by Gasteiger charge is 2.33. The van der Waals surface area contributed by atoms with Crippen LogP contribution in [0.25, 0.3) is 0 Å². The summed E-state index contributed by atoms with van der Waals surface area (Å²) in [4.78, 5) is 12.5. The summed E-state index contributed by atoms with van der Waals surface area (Å²) in [6.07, 6.45) is -6.03. The van der Waals surface area contributed by atoms with Crippen molar-refractivity contribution in [2.75, 3.05) is 13.2 Å². The van der Waals surface area contributed by atoms with Crippen molar-refractivity contribution in [2.24, 2.45) is 0 Å². The van der Waals surface area contributed by atoms with E-state index in [2.05, 4.69) is 0 Å². The van der Waals surface area contributed by atoms with Crippen molar-refractivity contribution in [3.63, 3.8) is 0 Å². The summed E-state index contributed by atoms with van der Waals surface area (Å²) in [5.41, 5.74) is 0.724. The summed E-state index contributed by atoms with van der Waals surface area (Å²) >= 11 is 0. The minimum atomic E-state index is -4.53. The topological polar surface area (TPSA) is 40.5 Å². The number of aliphatic hydroxyl groups is 1. The van der Waals surface area contributed by atoms with E-state index in [4.69, 9.17) is 5.11 Å². The van der Waals surface area contributed by atoms with Gasteiger partial charge in [0.2, 0.25) is 5.91 Å². The van der Waals surface area contributed by atoms with Gasteiger partial charge in [0, 0.05) is 13.1 Å². The van der Waals surface area contributed by atoms with Crippen LogP contribution < -0.4 is 0 Å². The molecule has 100 valence electrons. The van der Waals surface area contributed by atoms with Gasteiger partial charge in [-0.3, -0.25) is 4.79 Å². The first-order valence-corrected chi connectivity index (χ1v) is 5.41. The first kappa shape index (κ1) is 14.5. The molecule has 0 unspecified atom stereocenters. The molecule has 1 aromatic carbocycles. The minimum absolute atomic E-state index is 0.0658. The Labute approximate surface area is 103 Å². The van der Waals surface area contributed by atoms with E-state index in [-0.39, 0.29) is 19.7 Å². The van der Waals surface area contributed by atoms with E-state index >= 15 is 0 Å². The molecule has 6 heteroatoms. The fraction of sp³-hybridized carbons (Fsp3) is 0.417. The number of hydrogen-bond acceptors (Lipinski definition) is 2. The van der Waals surface area contributed by atoms with Crippen LogP contribution in [0.15, 0.2) is 30.3 Å². The average molecular weight is 261 g/mol. The average Bonchev–Trinajstić information content (AvgIpc) is 2.27. The first-order chi connectivity index (χ1) is 8.42. The molecule has 3 nitrogen and oxygen atoms in total. The van der Waals surface area contributed by atoms with Crippen molar-refractivity contribution in [3.05, 3.63) is 35.9 Å². The van der Waals surface area contributed by atoms with Gasteiger partial charge in [-0.1, -0.05) is 30.3 Å². The Balaban J connectivity index is 2.68. The Hall–Kier alpha value is -1.56. The van der Waals surface area contributed by atoms with Gasteiger partial charge in [-0.05, 0) is 5.56 Å². The van der Waals surface area contributed by atoms with Gasteiger partial charge in [0.15, 0.2) is 0 Å². The lowest BCUT2D eigenvalue weighted by Crippen LogP contribution is -2.35. The predicted octanol–water partition coefficient (Wildman–Crippen LogP) is 1.96. The molecule has 0 aliphatic rings. The number of amides is 1. The summed E-state index contributed by atoms with van der Waals surface area (Å²) in [5, 5.41) is 8.79. The van der Waals surface area contributed by atoms with E-state index in [1.807, 2.05) is 0 Å². The summed E-state index contributed by atoms with van der Waals surface area (Å²) in [6, 6.07) is 8.68. The number of carbonyl (C=O) groups excluding carboxylic acids is 1. The van der Waals surface area contributed by atoms with Crippen LogP contribution in [-0.2, 0) is 11.3 Å². The van der Waals surface area contributed by atoms with Crippen LogP contribution in [0.1, 0.15) is 12.0 Å². The summed E-state index contributed by atoms with van der Waals surface area (Å²) in [6.45, 7) is -0.406. The maximum atomic E-state index is 12.1. The Morgan fingerprint density at radius 1 is 1.22 bits per heavy atom. The van der Waals surface area contributed by atoms with E-state index in [0.717, 1.165) is 10.5 Å². The second-order valence-corrected chi connectivity index (χ2v) is 3.82. The molecule has 0 bridgehead atoms. The second kappa shape index (κ2) is 6.39. The molecule has 1 rings (SSSR count). The van der Waals surface area contributed by atoms with E-state index in [0.29, 0.717) is 0 Å². The number of alkyl halides is 3. The zero-order valence-electron chi connectivity index (χ0n) is 9.65. The van der Waals surface area contributed by atoms with Crippen LogP contribution in [0.3, 0.4) is 0 Å². The molecular formula is C12H14F3NO2. The maximum absolute atomic E-state index is 12.1. The standard InChI is InChI=1S/C12H14F3NO2/c13-12(14,15)8-11(18)16(6-7-17)9-10-4-2-1-3-5-10/h1-5,17H,6-9H2. The molecule has 1 aromatic rings. The van der Waals surface area contributed by atoms with Gasteiger partial charge in [0.05, 0.1) is 6.61 Å². The van der Waals surface area contributed by atoms with Gasteiger partial charge in [-0.2, -0.15) is 13.2 Å². The lowest BCUT2D eigenvalue weighted by molar-refractivity contribution is -0.162. The van der Waals surface area contributed by atoms with Gasteiger partial charge < -0.3 is 10.0 Å². The highest BCUT2D eigenvalue weighted by Crippen LogP contribution is 2.21. The third kappa shape index (κ3) is 5.18. The number of halogens is 3. The summed E-state index contributed by atoms with van der Waals surface area (Å²) in [7, 11) is 0. The third-order valence-corrected chi connectivity index (χ3v) is 2.29. The third-order valence-electron chi connectivity index (χ3n) is 2.29. The van der Waals surface area contributed by atoms with Crippen LogP contribution >= 0.6 is 0 Å². The molecule has 0 aliphatic heterocycles. The molecule has 0 saturated carbocycles. The molecule has 0 radical (unpaired) electrons. The van der Waals surface area contributed by atoms with Gasteiger partial charge in [0.1, 0.15) is 6.42 Å². The molecule has 0 heterocycles. The monoisotopic (exact) mass is 261 g/mol. The smallest absolute Gasteiger partial charge is 0.395 e. The SMILES string of the molecule is O=C(CC(F)(F)F)N(CCO)Cc1ccccc1. The van der Waals surface area contributed by atoms with Crippen molar-refractivity contribution in [3.8, 4) is 0 Å². The molecular weight excluding hydrogens is 247 g/mol. The van der Waals surface area contributed by atoms with Crippen molar-refractivity contribution < 1.29 is 23.1 Å². The Kier molecular flexibility index (Phi) is 5.15. The number of rotatable bonds is 5. The largest absolute Gasteiger partial charge is 0.397 e. The van der Waals surface area contributed by atoms with E-state index < -0.39 is 18.5 Å². The van der Waals surface area contributed by atoms with E-state index in [1.54, 1.807) is 30.3 Å². The van der Waals surface area contributed by atoms with Crippen molar-refractivity contribution >= 4 is 5.91 Å². The normalized spacial score (nSPS) is 11.3. The zero-order chi connectivity index (χ0) is 13.6. The molecule has 0 aliphatic carbocycles. The molecule has 0 fully saturated rings. The van der Waals surface area contributed by atoms with E-state index in [1.165, 1.54) is 0 Å². The Bertz CT molecular complexity index is 379. The highest BCUT2D eigenvalue weighted by atomic mass is 19.4. The Morgan fingerprint density at radius 2 is 1.83 bits per heavy atom. The molecule has 18 heavy (non-hydrogen) atoms. The lowest BCUT2D eigenvalue weighted by atomic mass is 10.2. The molecule has 0 aromatic heterocycles. The Morgan fingerprint density at radius 3 is 2.33 bits per heavy atom. The summed E-state index contributed by atoms with van der Waals surface area (Å²) in [5.74, 6) is -1.03. The lowest BCUT2D eigenvalue weighted by Gasteiger charge is -2.22.